The Morgan fingerprint density at radius 1 is 1.42 bits per heavy atom. The lowest BCUT2D eigenvalue weighted by Gasteiger charge is -2.39. The molecule has 24 heavy (non-hydrogen) atoms. The number of piperazine rings is 1. The van der Waals surface area contributed by atoms with Crippen LogP contribution in [0.3, 0.4) is 0 Å². The Morgan fingerprint density at radius 2 is 2.17 bits per heavy atom. The molecule has 1 atom stereocenters. The highest BCUT2D eigenvalue weighted by Crippen LogP contribution is 2.18. The topological polar surface area (TPSA) is 57.2 Å². The standard InChI is InChI=1S/C17H28N4O2.HI/c1-5-6-7-8-9-18-15-19-12-14-13-20(10-11-21(14)15)16(22)23-17(2,3)4;/h1,14H,6-13H2,2-4H3,(H,18,19);1H. The number of ether oxygens (including phenoxy) is 1. The Bertz CT molecular complexity index is 496. The summed E-state index contributed by atoms with van der Waals surface area (Å²) < 4.78 is 5.45. The third-order valence-electron chi connectivity index (χ3n) is 3.89. The Kier molecular flexibility index (Phi) is 8.13. The molecule has 7 heteroatoms. The van der Waals surface area contributed by atoms with Gasteiger partial charge in [0.25, 0.3) is 0 Å². The average molecular weight is 448 g/mol. The van der Waals surface area contributed by atoms with Gasteiger partial charge in [-0.25, -0.2) is 4.79 Å². The van der Waals surface area contributed by atoms with Crippen molar-refractivity contribution >= 4 is 36.0 Å². The number of halogens is 1. The van der Waals surface area contributed by atoms with E-state index in [9.17, 15) is 4.79 Å². The second-order valence-corrected chi connectivity index (χ2v) is 7.03. The first kappa shape index (κ1) is 20.9. The molecule has 1 fully saturated rings. The van der Waals surface area contributed by atoms with Gasteiger partial charge < -0.3 is 19.9 Å². The number of unbranched alkanes of at least 4 members (excludes halogenated alkanes) is 2. The van der Waals surface area contributed by atoms with E-state index in [0.717, 1.165) is 44.9 Å². The number of nitrogens with zero attached hydrogens (tertiary/aromatic N) is 3. The molecule has 1 amide bonds. The molecule has 0 aromatic heterocycles. The van der Waals surface area contributed by atoms with Crippen molar-refractivity contribution in [1.82, 2.24) is 15.1 Å². The van der Waals surface area contributed by atoms with E-state index in [4.69, 9.17) is 11.2 Å². The number of terminal acetylenes is 1. The molecule has 2 heterocycles. The Labute approximate surface area is 162 Å². The van der Waals surface area contributed by atoms with Crippen LogP contribution in [-0.2, 0) is 4.74 Å². The summed E-state index contributed by atoms with van der Waals surface area (Å²) in [4.78, 5) is 20.8. The van der Waals surface area contributed by atoms with Crippen molar-refractivity contribution in [3.8, 4) is 12.3 Å². The summed E-state index contributed by atoms with van der Waals surface area (Å²) in [5, 5.41) is 3.39. The van der Waals surface area contributed by atoms with Gasteiger partial charge in [0.1, 0.15) is 5.60 Å². The van der Waals surface area contributed by atoms with Crippen LogP contribution < -0.4 is 5.32 Å². The summed E-state index contributed by atoms with van der Waals surface area (Å²) in [5.41, 5.74) is -0.453. The van der Waals surface area contributed by atoms with Crippen molar-refractivity contribution in [3.63, 3.8) is 0 Å². The molecule has 2 rings (SSSR count). The number of nitrogens with one attached hydrogen (secondary N) is 1. The number of carbonyl (C=O) groups excluding carboxylic acids is 1. The molecule has 0 aromatic rings. The summed E-state index contributed by atoms with van der Waals surface area (Å²) >= 11 is 0. The van der Waals surface area contributed by atoms with Crippen molar-refractivity contribution in [2.24, 2.45) is 4.99 Å². The number of aliphatic imine (C=N–C) groups is 1. The molecule has 136 valence electrons. The van der Waals surface area contributed by atoms with Crippen LogP contribution in [0.4, 0.5) is 4.79 Å². The first-order chi connectivity index (χ1) is 10.9. The van der Waals surface area contributed by atoms with E-state index in [2.05, 4.69) is 21.1 Å². The van der Waals surface area contributed by atoms with Crippen LogP contribution in [0.5, 0.6) is 0 Å². The third kappa shape index (κ3) is 6.04. The van der Waals surface area contributed by atoms with Crippen LogP contribution in [0.1, 0.15) is 40.0 Å². The monoisotopic (exact) mass is 448 g/mol. The van der Waals surface area contributed by atoms with E-state index in [1.165, 1.54) is 0 Å². The molecular weight excluding hydrogens is 419 g/mol. The molecule has 0 aromatic carbocycles. The van der Waals surface area contributed by atoms with Crippen molar-refractivity contribution in [2.45, 2.75) is 51.7 Å². The molecule has 0 bridgehead atoms. The molecule has 1 saturated heterocycles. The Morgan fingerprint density at radius 3 is 2.83 bits per heavy atom. The maximum absolute atomic E-state index is 12.2. The van der Waals surface area contributed by atoms with Crippen molar-refractivity contribution in [3.05, 3.63) is 0 Å². The number of fused-ring (bicyclic) bond motifs is 1. The number of guanidine groups is 1. The second-order valence-electron chi connectivity index (χ2n) is 7.03. The Balaban J connectivity index is 0.00000288. The van der Waals surface area contributed by atoms with E-state index in [1.807, 2.05) is 20.8 Å². The maximum atomic E-state index is 12.2. The van der Waals surface area contributed by atoms with Gasteiger partial charge in [0.2, 0.25) is 0 Å². The average Bonchev–Trinajstić information content (AvgIpc) is 2.88. The zero-order chi connectivity index (χ0) is 16.9. The lowest BCUT2D eigenvalue weighted by Crippen LogP contribution is -2.57. The Hall–Kier alpha value is -1.17. The quantitative estimate of drug-likeness (QED) is 0.408. The zero-order valence-electron chi connectivity index (χ0n) is 14.9. The first-order valence-electron chi connectivity index (χ1n) is 8.37. The molecule has 6 nitrogen and oxygen atoms in total. The minimum atomic E-state index is -0.453. The van der Waals surface area contributed by atoms with E-state index in [0.29, 0.717) is 13.1 Å². The van der Waals surface area contributed by atoms with E-state index in [1.54, 1.807) is 4.90 Å². The summed E-state index contributed by atoms with van der Waals surface area (Å²) in [5.74, 6) is 3.61. The summed E-state index contributed by atoms with van der Waals surface area (Å²) in [6.07, 6.45) is 7.93. The van der Waals surface area contributed by atoms with Crippen molar-refractivity contribution in [1.29, 1.82) is 0 Å². The molecule has 0 aliphatic carbocycles. The van der Waals surface area contributed by atoms with Crippen LogP contribution in [0.25, 0.3) is 0 Å². The van der Waals surface area contributed by atoms with Gasteiger partial charge in [0, 0.05) is 32.6 Å². The van der Waals surface area contributed by atoms with Gasteiger partial charge >= 0.3 is 6.09 Å². The zero-order valence-corrected chi connectivity index (χ0v) is 17.2. The van der Waals surface area contributed by atoms with Crippen LogP contribution >= 0.6 is 24.0 Å². The van der Waals surface area contributed by atoms with Crippen LogP contribution in [0.2, 0.25) is 0 Å². The largest absolute Gasteiger partial charge is 0.444 e. The van der Waals surface area contributed by atoms with Gasteiger partial charge in [-0.1, -0.05) is 0 Å². The van der Waals surface area contributed by atoms with Gasteiger partial charge in [0.15, 0.2) is 5.96 Å². The number of hydrogen-bond donors (Lipinski definition) is 1. The second kappa shape index (κ2) is 9.35. The number of amides is 1. The van der Waals surface area contributed by atoms with Crippen LogP contribution in [0, 0.1) is 12.3 Å². The summed E-state index contributed by atoms with van der Waals surface area (Å²) in [6, 6.07) is 0.254. The third-order valence-corrected chi connectivity index (χ3v) is 3.89. The summed E-state index contributed by atoms with van der Waals surface area (Å²) in [6.45, 7) is 9.42. The minimum Gasteiger partial charge on any atom is -0.444 e. The predicted molar refractivity (Wildman–Crippen MR) is 107 cm³/mol. The molecule has 0 radical (unpaired) electrons. The fraction of sp³-hybridized carbons (Fsp3) is 0.765. The molecule has 0 saturated carbocycles. The van der Waals surface area contributed by atoms with Gasteiger partial charge in [-0.05, 0) is 33.6 Å². The van der Waals surface area contributed by atoms with Gasteiger partial charge in [-0.2, -0.15) is 0 Å². The molecular formula is C17H29IN4O2. The van der Waals surface area contributed by atoms with E-state index < -0.39 is 5.60 Å². The van der Waals surface area contributed by atoms with E-state index in [-0.39, 0.29) is 36.1 Å². The number of rotatable bonds is 4. The number of hydrogen-bond acceptors (Lipinski definition) is 5. The van der Waals surface area contributed by atoms with Gasteiger partial charge in [0.05, 0.1) is 12.6 Å². The predicted octanol–water partition coefficient (Wildman–Crippen LogP) is 2.29. The molecule has 0 spiro atoms. The SMILES string of the molecule is C#CCCCCNC1=NCC2CN(C(=O)OC(C)(C)C)CCN12.I. The molecule has 1 N–H and O–H groups in total. The molecule has 2 aliphatic rings. The highest BCUT2D eigenvalue weighted by atomic mass is 127. The first-order valence-corrected chi connectivity index (χ1v) is 8.37. The fourth-order valence-corrected chi connectivity index (χ4v) is 2.78. The molecule has 2 aliphatic heterocycles. The lowest BCUT2D eigenvalue weighted by molar-refractivity contribution is 0.0137. The highest BCUT2D eigenvalue weighted by molar-refractivity contribution is 14.0. The smallest absolute Gasteiger partial charge is 0.410 e. The summed E-state index contributed by atoms with van der Waals surface area (Å²) in [7, 11) is 0. The van der Waals surface area contributed by atoms with Gasteiger partial charge in [-0.3, -0.25) is 4.99 Å². The maximum Gasteiger partial charge on any atom is 0.410 e. The van der Waals surface area contributed by atoms with Crippen LogP contribution in [0.15, 0.2) is 4.99 Å². The molecule has 1 unspecified atom stereocenters. The van der Waals surface area contributed by atoms with E-state index >= 15 is 0 Å². The highest BCUT2D eigenvalue weighted by Gasteiger charge is 2.36. The lowest BCUT2D eigenvalue weighted by atomic mass is 10.2. The minimum absolute atomic E-state index is 0. The van der Waals surface area contributed by atoms with Crippen molar-refractivity contribution < 1.29 is 9.53 Å². The fourth-order valence-electron chi connectivity index (χ4n) is 2.78. The number of carbonyl (C=O) groups is 1. The van der Waals surface area contributed by atoms with Gasteiger partial charge in [-0.15, -0.1) is 36.3 Å². The van der Waals surface area contributed by atoms with Crippen molar-refractivity contribution in [2.75, 3.05) is 32.7 Å². The normalized spacial score (nSPS) is 19.8. The van der Waals surface area contributed by atoms with Crippen LogP contribution in [-0.4, -0.2) is 66.2 Å².